The molecule has 1 aliphatic heterocycles. The van der Waals surface area contributed by atoms with Crippen LogP contribution in [-0.2, 0) is 18.3 Å². The van der Waals surface area contributed by atoms with Gasteiger partial charge in [-0.25, -0.2) is 4.98 Å². The van der Waals surface area contributed by atoms with Crippen LogP contribution in [0.25, 0.3) is 22.2 Å². The number of hydrogen-bond donors (Lipinski definition) is 0. The smallest absolute Gasteiger partial charge is 0.334 e. The summed E-state index contributed by atoms with van der Waals surface area (Å²) in [6, 6.07) is 3.90. The number of likely N-dealkylation sites (tertiary alicyclic amines) is 1. The average Bonchev–Trinajstić information content (AvgIpc) is 3.17. The van der Waals surface area contributed by atoms with Crippen molar-refractivity contribution >= 4 is 16.7 Å². The minimum absolute atomic E-state index is 0.00262. The van der Waals surface area contributed by atoms with Gasteiger partial charge in [-0.05, 0) is 38.1 Å². The first-order chi connectivity index (χ1) is 14.8. The molecule has 4 heterocycles. The van der Waals surface area contributed by atoms with Crippen molar-refractivity contribution in [3.63, 3.8) is 0 Å². The summed E-state index contributed by atoms with van der Waals surface area (Å²) in [5.74, 6) is -0.0309. The molecule has 9 heteroatoms. The van der Waals surface area contributed by atoms with Gasteiger partial charge in [-0.15, -0.1) is 0 Å². The number of halogens is 3. The highest BCUT2D eigenvalue weighted by molar-refractivity contribution is 5.86. The molecule has 1 saturated heterocycles. The fraction of sp³-hybridized carbons (Fsp3) is 0.455. The number of pyridine rings is 2. The Labute approximate surface area is 178 Å². The van der Waals surface area contributed by atoms with Gasteiger partial charge < -0.3 is 9.47 Å². The summed E-state index contributed by atoms with van der Waals surface area (Å²) < 4.78 is 39.1. The molecule has 0 saturated carbocycles. The Morgan fingerprint density at radius 3 is 2.58 bits per heavy atom. The Bertz CT molecular complexity index is 1070. The molecule has 3 aromatic rings. The van der Waals surface area contributed by atoms with Crippen molar-refractivity contribution in [3.05, 3.63) is 42.7 Å². The van der Waals surface area contributed by atoms with Gasteiger partial charge in [0.25, 0.3) is 0 Å². The molecule has 164 valence electrons. The van der Waals surface area contributed by atoms with Gasteiger partial charge in [-0.3, -0.25) is 14.8 Å². The quantitative estimate of drug-likeness (QED) is 0.594. The fourth-order valence-electron chi connectivity index (χ4n) is 4.04. The second-order valence-corrected chi connectivity index (χ2v) is 8.11. The molecular formula is C22H24F3N5O. The highest BCUT2D eigenvalue weighted by Crippen LogP contribution is 2.25. The van der Waals surface area contributed by atoms with Gasteiger partial charge >= 0.3 is 6.18 Å². The monoisotopic (exact) mass is 431 g/mol. The molecule has 0 spiro atoms. The summed E-state index contributed by atoms with van der Waals surface area (Å²) >= 11 is 0. The Kier molecular flexibility index (Phi) is 6.04. The van der Waals surface area contributed by atoms with E-state index in [1.165, 1.54) is 0 Å². The number of Topliss-reactive ketones (excluding diaryl/α,β-unsaturated/α-hetero) is 1. The molecule has 1 fully saturated rings. The second-order valence-electron chi connectivity index (χ2n) is 8.11. The van der Waals surface area contributed by atoms with Crippen LogP contribution in [0.3, 0.4) is 0 Å². The van der Waals surface area contributed by atoms with Crippen LogP contribution in [-0.4, -0.2) is 56.0 Å². The van der Waals surface area contributed by atoms with Gasteiger partial charge in [-0.2, -0.15) is 13.2 Å². The third-order valence-corrected chi connectivity index (χ3v) is 5.85. The largest absolute Gasteiger partial charge is 0.390 e. The summed E-state index contributed by atoms with van der Waals surface area (Å²) in [5, 5.41) is 0.901. The maximum absolute atomic E-state index is 12.8. The highest BCUT2D eigenvalue weighted by Gasteiger charge is 2.30. The van der Waals surface area contributed by atoms with Crippen molar-refractivity contribution in [2.24, 2.45) is 13.0 Å². The predicted molar refractivity (Wildman–Crippen MR) is 110 cm³/mol. The molecule has 0 N–H and O–H groups in total. The lowest BCUT2D eigenvalue weighted by atomic mass is 9.90. The van der Waals surface area contributed by atoms with Gasteiger partial charge in [0, 0.05) is 48.8 Å². The zero-order valence-electron chi connectivity index (χ0n) is 17.3. The number of alkyl halides is 3. The summed E-state index contributed by atoms with van der Waals surface area (Å²) in [6.07, 6.45) is 3.41. The second kappa shape index (κ2) is 8.74. The number of nitrogens with zero attached hydrogens (tertiary/aromatic N) is 5. The molecule has 0 aromatic carbocycles. The number of aryl methyl sites for hydroxylation is 1. The van der Waals surface area contributed by atoms with Crippen LogP contribution in [0, 0.1) is 5.92 Å². The summed E-state index contributed by atoms with van der Waals surface area (Å²) in [5.41, 5.74) is 3.31. The Morgan fingerprint density at radius 2 is 1.90 bits per heavy atom. The van der Waals surface area contributed by atoms with E-state index in [0.29, 0.717) is 31.6 Å². The summed E-state index contributed by atoms with van der Waals surface area (Å²) in [4.78, 5) is 27.5. The van der Waals surface area contributed by atoms with Crippen molar-refractivity contribution < 1.29 is 18.0 Å². The molecule has 31 heavy (non-hydrogen) atoms. The first-order valence-electron chi connectivity index (χ1n) is 10.3. The van der Waals surface area contributed by atoms with Gasteiger partial charge in [0.15, 0.2) is 0 Å². The third-order valence-electron chi connectivity index (χ3n) is 5.85. The lowest BCUT2D eigenvalue weighted by Crippen LogP contribution is -2.38. The summed E-state index contributed by atoms with van der Waals surface area (Å²) in [6.45, 7) is 1.05. The van der Waals surface area contributed by atoms with Crippen molar-refractivity contribution in [3.8, 4) is 11.3 Å². The fourth-order valence-corrected chi connectivity index (χ4v) is 4.04. The van der Waals surface area contributed by atoms with E-state index in [4.69, 9.17) is 0 Å². The highest BCUT2D eigenvalue weighted by atomic mass is 19.4. The minimum atomic E-state index is -4.14. The SMILES string of the molecule is Cn1cncc1-c1cnc2cnc(CC(=O)C3CCN(CCC(F)(F)F)CC3)cc2c1. The third kappa shape index (κ3) is 5.28. The van der Waals surface area contributed by atoms with Crippen LogP contribution >= 0.6 is 0 Å². The number of imidazole rings is 1. The Morgan fingerprint density at radius 1 is 1.13 bits per heavy atom. The number of fused-ring (bicyclic) bond motifs is 1. The van der Waals surface area contributed by atoms with E-state index in [1.807, 2.05) is 23.7 Å². The normalized spacial score (nSPS) is 16.1. The minimum Gasteiger partial charge on any atom is -0.334 e. The molecular weight excluding hydrogens is 407 g/mol. The maximum atomic E-state index is 12.8. The van der Waals surface area contributed by atoms with Crippen molar-refractivity contribution in [2.45, 2.75) is 31.9 Å². The number of hydrogen-bond acceptors (Lipinski definition) is 5. The van der Waals surface area contributed by atoms with Crippen LogP contribution in [0.5, 0.6) is 0 Å². The zero-order valence-corrected chi connectivity index (χ0v) is 17.3. The summed E-state index contributed by atoms with van der Waals surface area (Å²) in [7, 11) is 1.91. The van der Waals surface area contributed by atoms with Crippen molar-refractivity contribution in [1.82, 2.24) is 24.4 Å². The maximum Gasteiger partial charge on any atom is 0.390 e. The molecule has 1 aliphatic rings. The first-order valence-corrected chi connectivity index (χ1v) is 10.3. The van der Waals surface area contributed by atoms with Gasteiger partial charge in [0.2, 0.25) is 0 Å². The van der Waals surface area contributed by atoms with Crippen LogP contribution in [0.15, 0.2) is 37.1 Å². The molecule has 6 nitrogen and oxygen atoms in total. The molecule has 0 bridgehead atoms. The van der Waals surface area contributed by atoms with E-state index in [2.05, 4.69) is 15.0 Å². The van der Waals surface area contributed by atoms with Gasteiger partial charge in [0.05, 0.1) is 36.4 Å². The first kappa shape index (κ1) is 21.4. The zero-order chi connectivity index (χ0) is 22.0. The number of aromatic nitrogens is 4. The average molecular weight is 431 g/mol. The Balaban J connectivity index is 1.39. The van der Waals surface area contributed by atoms with E-state index in [1.54, 1.807) is 29.8 Å². The number of rotatable bonds is 6. The van der Waals surface area contributed by atoms with E-state index in [9.17, 15) is 18.0 Å². The van der Waals surface area contributed by atoms with Crippen LogP contribution in [0.1, 0.15) is 25.0 Å². The molecule has 3 aromatic heterocycles. The number of carbonyl (C=O) groups is 1. The molecule has 0 amide bonds. The molecule has 4 rings (SSSR count). The standard InChI is InChI=1S/C22H24F3N5O/c1-29-14-26-13-20(29)17-8-16-9-18(27-12-19(16)28-11-17)10-21(31)15-2-5-30(6-3-15)7-4-22(23,24)25/h8-9,11-15H,2-7,10H2,1H3. The van der Waals surface area contributed by atoms with Gasteiger partial charge in [-0.1, -0.05) is 0 Å². The number of carbonyl (C=O) groups excluding carboxylic acids is 1. The lowest BCUT2D eigenvalue weighted by Gasteiger charge is -2.31. The van der Waals surface area contributed by atoms with Crippen molar-refractivity contribution in [1.29, 1.82) is 0 Å². The van der Waals surface area contributed by atoms with Crippen LogP contribution in [0.2, 0.25) is 0 Å². The molecule has 0 aliphatic carbocycles. The Hall–Kier alpha value is -2.81. The van der Waals surface area contributed by atoms with E-state index < -0.39 is 12.6 Å². The molecule has 0 atom stereocenters. The van der Waals surface area contributed by atoms with Crippen LogP contribution < -0.4 is 0 Å². The van der Waals surface area contributed by atoms with Crippen LogP contribution in [0.4, 0.5) is 13.2 Å². The van der Waals surface area contributed by atoms with E-state index in [-0.39, 0.29) is 24.7 Å². The molecule has 0 unspecified atom stereocenters. The number of piperidine rings is 1. The van der Waals surface area contributed by atoms with E-state index in [0.717, 1.165) is 22.2 Å². The topological polar surface area (TPSA) is 63.9 Å². The van der Waals surface area contributed by atoms with E-state index >= 15 is 0 Å². The predicted octanol–water partition coefficient (Wildman–Crippen LogP) is 3.81. The van der Waals surface area contributed by atoms with Gasteiger partial charge in [0.1, 0.15) is 5.78 Å². The lowest BCUT2D eigenvalue weighted by molar-refractivity contribution is -0.139. The molecule has 0 radical (unpaired) electrons. The number of ketones is 1. The van der Waals surface area contributed by atoms with Crippen molar-refractivity contribution in [2.75, 3.05) is 19.6 Å².